The average Bonchev–Trinajstić information content (AvgIpc) is 2.78. The highest BCUT2D eigenvalue weighted by Crippen LogP contribution is 2.09. The molecule has 4 heteroatoms. The Morgan fingerprint density at radius 1 is 0.759 bits per heavy atom. The summed E-state index contributed by atoms with van der Waals surface area (Å²) in [4.78, 5) is 25.0. The highest BCUT2D eigenvalue weighted by molar-refractivity contribution is 6.02. The van der Waals surface area contributed by atoms with E-state index in [0.717, 1.165) is 16.7 Å². The van der Waals surface area contributed by atoms with Gasteiger partial charge in [0, 0.05) is 6.08 Å². The van der Waals surface area contributed by atoms with Gasteiger partial charge in [0.05, 0.1) is 0 Å². The fraction of sp³-hybridized carbons (Fsp3) is 0.0400. The molecule has 0 saturated carbocycles. The van der Waals surface area contributed by atoms with Crippen LogP contribution < -0.4 is 5.32 Å². The number of hydrogen-bond acceptors (Lipinski definition) is 3. The van der Waals surface area contributed by atoms with Gasteiger partial charge in [-0.15, -0.1) is 0 Å². The van der Waals surface area contributed by atoms with Gasteiger partial charge in [0.15, 0.2) is 0 Å². The third-order valence-electron chi connectivity index (χ3n) is 4.03. The van der Waals surface area contributed by atoms with Crippen molar-refractivity contribution in [3.63, 3.8) is 0 Å². The molecule has 0 spiro atoms. The first-order valence-electron chi connectivity index (χ1n) is 9.22. The third kappa shape index (κ3) is 6.63. The summed E-state index contributed by atoms with van der Waals surface area (Å²) >= 11 is 0. The lowest BCUT2D eigenvalue weighted by Gasteiger charge is -2.09. The number of ether oxygens (including phenoxy) is 1. The number of esters is 1. The molecule has 3 rings (SSSR count). The summed E-state index contributed by atoms with van der Waals surface area (Å²) in [5.74, 6) is -1.01. The molecule has 0 aliphatic carbocycles. The van der Waals surface area contributed by atoms with Crippen molar-refractivity contribution in [1.29, 1.82) is 0 Å². The topological polar surface area (TPSA) is 55.4 Å². The number of carbonyl (C=O) groups excluding carboxylic acids is 2. The second-order valence-electron chi connectivity index (χ2n) is 6.26. The van der Waals surface area contributed by atoms with E-state index in [1.807, 2.05) is 91.0 Å². The number of amides is 1. The SMILES string of the molecule is O=C(C=Cc1ccccc1)NC(=Cc1ccccc1)C(=O)OCc1ccccc1. The molecule has 0 saturated heterocycles. The van der Waals surface area contributed by atoms with Crippen molar-refractivity contribution in [1.82, 2.24) is 5.32 Å². The quantitative estimate of drug-likeness (QED) is 0.479. The van der Waals surface area contributed by atoms with Crippen molar-refractivity contribution in [3.8, 4) is 0 Å². The molecule has 0 bridgehead atoms. The van der Waals surface area contributed by atoms with E-state index in [0.29, 0.717) is 0 Å². The standard InChI is InChI=1S/C25H21NO3/c27-24(17-16-20-10-4-1-5-11-20)26-23(18-21-12-6-2-7-13-21)25(28)29-19-22-14-8-3-9-15-22/h1-18H,19H2,(H,26,27). The van der Waals surface area contributed by atoms with Gasteiger partial charge in [0.25, 0.3) is 0 Å². The number of rotatable bonds is 7. The van der Waals surface area contributed by atoms with E-state index in [1.54, 1.807) is 12.2 Å². The Bertz CT molecular complexity index is 994. The highest BCUT2D eigenvalue weighted by Gasteiger charge is 2.14. The summed E-state index contributed by atoms with van der Waals surface area (Å²) in [5.41, 5.74) is 2.62. The molecule has 0 fully saturated rings. The van der Waals surface area contributed by atoms with E-state index in [2.05, 4.69) is 5.32 Å². The number of benzene rings is 3. The monoisotopic (exact) mass is 383 g/mol. The zero-order valence-corrected chi connectivity index (χ0v) is 15.8. The molecule has 0 unspecified atom stereocenters. The third-order valence-corrected chi connectivity index (χ3v) is 4.03. The van der Waals surface area contributed by atoms with Gasteiger partial charge in [-0.2, -0.15) is 0 Å². The van der Waals surface area contributed by atoms with Crippen LogP contribution in [-0.2, 0) is 20.9 Å². The van der Waals surface area contributed by atoms with E-state index < -0.39 is 11.9 Å². The summed E-state index contributed by atoms with van der Waals surface area (Å²) in [7, 11) is 0. The molecule has 4 nitrogen and oxygen atoms in total. The smallest absolute Gasteiger partial charge is 0.355 e. The molecule has 0 atom stereocenters. The number of hydrogen-bond donors (Lipinski definition) is 1. The van der Waals surface area contributed by atoms with Crippen LogP contribution in [0.15, 0.2) is 103 Å². The van der Waals surface area contributed by atoms with Crippen LogP contribution in [0.25, 0.3) is 12.2 Å². The van der Waals surface area contributed by atoms with Crippen LogP contribution in [0.3, 0.4) is 0 Å². The van der Waals surface area contributed by atoms with Crippen LogP contribution in [0.2, 0.25) is 0 Å². The summed E-state index contributed by atoms with van der Waals surface area (Å²) in [6.45, 7) is 0.127. The Hall–Kier alpha value is -3.92. The van der Waals surface area contributed by atoms with Gasteiger partial charge < -0.3 is 10.1 Å². The van der Waals surface area contributed by atoms with Crippen LogP contribution in [0, 0.1) is 0 Å². The van der Waals surface area contributed by atoms with Gasteiger partial charge in [0.2, 0.25) is 5.91 Å². The molecule has 0 radical (unpaired) electrons. The Morgan fingerprint density at radius 2 is 1.31 bits per heavy atom. The van der Waals surface area contributed by atoms with Crippen molar-refractivity contribution >= 4 is 24.0 Å². The maximum Gasteiger partial charge on any atom is 0.355 e. The second kappa shape index (κ2) is 10.4. The van der Waals surface area contributed by atoms with Crippen molar-refractivity contribution in [2.24, 2.45) is 0 Å². The van der Waals surface area contributed by atoms with Gasteiger partial charge in [-0.25, -0.2) is 4.79 Å². The molecule has 1 N–H and O–H groups in total. The van der Waals surface area contributed by atoms with Gasteiger partial charge in [0.1, 0.15) is 12.3 Å². The molecule has 0 aromatic heterocycles. The number of nitrogens with one attached hydrogen (secondary N) is 1. The van der Waals surface area contributed by atoms with Gasteiger partial charge in [-0.05, 0) is 28.8 Å². The zero-order chi connectivity index (χ0) is 20.3. The van der Waals surface area contributed by atoms with Crippen molar-refractivity contribution < 1.29 is 14.3 Å². The minimum Gasteiger partial charge on any atom is -0.456 e. The maximum absolute atomic E-state index is 12.6. The first-order valence-corrected chi connectivity index (χ1v) is 9.22. The van der Waals surface area contributed by atoms with Gasteiger partial charge >= 0.3 is 5.97 Å². The Labute approximate surface area is 170 Å². The Balaban J connectivity index is 1.72. The van der Waals surface area contributed by atoms with Crippen LogP contribution in [-0.4, -0.2) is 11.9 Å². The molecule has 144 valence electrons. The molecule has 3 aromatic carbocycles. The minimum atomic E-state index is -0.598. The fourth-order valence-electron chi connectivity index (χ4n) is 2.57. The summed E-state index contributed by atoms with van der Waals surface area (Å²) < 4.78 is 5.38. The molecule has 0 aliphatic rings. The number of carbonyl (C=O) groups is 2. The van der Waals surface area contributed by atoms with Crippen LogP contribution in [0.1, 0.15) is 16.7 Å². The van der Waals surface area contributed by atoms with Crippen molar-refractivity contribution in [2.45, 2.75) is 6.61 Å². The van der Waals surface area contributed by atoms with E-state index in [-0.39, 0.29) is 12.3 Å². The summed E-state index contributed by atoms with van der Waals surface area (Å²) in [6.07, 6.45) is 4.67. The molecule has 0 heterocycles. The molecular formula is C25H21NO3. The second-order valence-corrected chi connectivity index (χ2v) is 6.26. The van der Waals surface area contributed by atoms with Crippen molar-refractivity contribution in [3.05, 3.63) is 119 Å². The normalized spacial score (nSPS) is 11.2. The lowest BCUT2D eigenvalue weighted by atomic mass is 10.2. The summed E-state index contributed by atoms with van der Waals surface area (Å²) in [6, 6.07) is 28.1. The fourth-order valence-corrected chi connectivity index (χ4v) is 2.57. The Kier molecular flexibility index (Phi) is 7.13. The first kappa shape index (κ1) is 19.8. The highest BCUT2D eigenvalue weighted by atomic mass is 16.5. The summed E-state index contributed by atoms with van der Waals surface area (Å²) in [5, 5.41) is 2.63. The van der Waals surface area contributed by atoms with Gasteiger partial charge in [-0.1, -0.05) is 91.0 Å². The minimum absolute atomic E-state index is 0.0786. The van der Waals surface area contributed by atoms with Crippen LogP contribution in [0.5, 0.6) is 0 Å². The average molecular weight is 383 g/mol. The lowest BCUT2D eigenvalue weighted by Crippen LogP contribution is -2.27. The van der Waals surface area contributed by atoms with Crippen LogP contribution in [0.4, 0.5) is 0 Å². The largest absolute Gasteiger partial charge is 0.456 e. The predicted octanol–water partition coefficient (Wildman–Crippen LogP) is 4.60. The molecule has 0 aliphatic heterocycles. The van der Waals surface area contributed by atoms with Crippen LogP contribution >= 0.6 is 0 Å². The van der Waals surface area contributed by atoms with Gasteiger partial charge in [-0.3, -0.25) is 4.79 Å². The van der Waals surface area contributed by atoms with E-state index in [1.165, 1.54) is 6.08 Å². The predicted molar refractivity (Wildman–Crippen MR) is 114 cm³/mol. The van der Waals surface area contributed by atoms with E-state index in [4.69, 9.17) is 4.74 Å². The first-order chi connectivity index (χ1) is 14.2. The van der Waals surface area contributed by atoms with E-state index in [9.17, 15) is 9.59 Å². The molecule has 3 aromatic rings. The molecule has 1 amide bonds. The maximum atomic E-state index is 12.6. The molecule has 29 heavy (non-hydrogen) atoms. The van der Waals surface area contributed by atoms with E-state index >= 15 is 0 Å². The van der Waals surface area contributed by atoms with Crippen molar-refractivity contribution in [2.75, 3.05) is 0 Å². The zero-order valence-electron chi connectivity index (χ0n) is 15.8. The molecular weight excluding hydrogens is 362 g/mol. The Morgan fingerprint density at radius 3 is 1.93 bits per heavy atom. The lowest BCUT2D eigenvalue weighted by molar-refractivity contribution is -0.141.